The van der Waals surface area contributed by atoms with E-state index < -0.39 is 14.0 Å². The highest BCUT2D eigenvalue weighted by molar-refractivity contribution is 7.38. The van der Waals surface area contributed by atoms with Gasteiger partial charge in [0.05, 0.1) is 6.61 Å². The van der Waals surface area contributed by atoms with E-state index in [1.807, 2.05) is 0 Å². The first-order valence-electron chi connectivity index (χ1n) is 2.31. The van der Waals surface area contributed by atoms with Crippen molar-refractivity contribution in [3.63, 3.8) is 0 Å². The molecule has 1 saturated heterocycles. The Bertz CT molecular complexity index is 101. The third-order valence-corrected chi connectivity index (χ3v) is 1.63. The SMILES string of the molecule is O=[P+](O)C1NCCO1. The van der Waals surface area contributed by atoms with Gasteiger partial charge in [0.2, 0.25) is 0 Å². The maximum Gasteiger partial charge on any atom is 0.555 e. The van der Waals surface area contributed by atoms with Crippen LogP contribution in [0.2, 0.25) is 0 Å². The van der Waals surface area contributed by atoms with Crippen LogP contribution in [0.5, 0.6) is 0 Å². The zero-order valence-corrected chi connectivity index (χ0v) is 5.10. The summed E-state index contributed by atoms with van der Waals surface area (Å²) in [7, 11) is -2.18. The van der Waals surface area contributed by atoms with Gasteiger partial charge in [0.15, 0.2) is 0 Å². The van der Waals surface area contributed by atoms with Crippen molar-refractivity contribution in [2.24, 2.45) is 0 Å². The topological polar surface area (TPSA) is 58.6 Å². The Morgan fingerprint density at radius 3 is 2.88 bits per heavy atom. The Hall–Kier alpha value is -0.0200. The van der Waals surface area contributed by atoms with Crippen molar-refractivity contribution >= 4 is 8.03 Å². The van der Waals surface area contributed by atoms with Gasteiger partial charge in [-0.2, -0.15) is 4.89 Å². The van der Waals surface area contributed by atoms with Crippen molar-refractivity contribution < 1.29 is 14.2 Å². The van der Waals surface area contributed by atoms with Gasteiger partial charge < -0.3 is 4.74 Å². The quantitative estimate of drug-likeness (QED) is 0.482. The maximum absolute atomic E-state index is 10.2. The molecule has 0 aliphatic carbocycles. The van der Waals surface area contributed by atoms with Gasteiger partial charge in [0.1, 0.15) is 0 Å². The minimum Gasteiger partial charge on any atom is -0.319 e. The molecule has 0 bridgehead atoms. The van der Waals surface area contributed by atoms with Crippen LogP contribution in [0.15, 0.2) is 0 Å². The maximum atomic E-state index is 10.2. The van der Waals surface area contributed by atoms with Gasteiger partial charge in [-0.3, -0.25) is 0 Å². The molecule has 1 aliphatic heterocycles. The Balaban J connectivity index is 2.35. The molecule has 0 radical (unpaired) electrons. The summed E-state index contributed by atoms with van der Waals surface area (Å²) in [5.74, 6) is -0.620. The van der Waals surface area contributed by atoms with Crippen LogP contribution < -0.4 is 5.32 Å². The average molecular weight is 136 g/mol. The molecule has 46 valence electrons. The smallest absolute Gasteiger partial charge is 0.319 e. The monoisotopic (exact) mass is 136 g/mol. The highest BCUT2D eigenvalue weighted by Crippen LogP contribution is 2.22. The molecular weight excluding hydrogens is 129 g/mol. The molecule has 0 amide bonds. The molecule has 1 heterocycles. The first kappa shape index (κ1) is 6.11. The first-order chi connectivity index (χ1) is 3.80. The van der Waals surface area contributed by atoms with Crippen LogP contribution in [0.1, 0.15) is 0 Å². The van der Waals surface area contributed by atoms with Gasteiger partial charge in [-0.05, 0) is 4.57 Å². The largest absolute Gasteiger partial charge is 0.555 e. The zero-order chi connectivity index (χ0) is 5.98. The van der Waals surface area contributed by atoms with Crippen molar-refractivity contribution in [1.29, 1.82) is 0 Å². The van der Waals surface area contributed by atoms with Crippen molar-refractivity contribution in [2.75, 3.05) is 13.2 Å². The van der Waals surface area contributed by atoms with E-state index in [0.29, 0.717) is 13.2 Å². The van der Waals surface area contributed by atoms with Crippen LogP contribution in [0.3, 0.4) is 0 Å². The summed E-state index contributed by atoms with van der Waals surface area (Å²) in [4.78, 5) is 8.37. The van der Waals surface area contributed by atoms with E-state index in [1.165, 1.54) is 0 Å². The second kappa shape index (κ2) is 2.51. The average Bonchev–Trinajstić information content (AvgIpc) is 2.12. The Labute approximate surface area is 47.7 Å². The molecule has 1 fully saturated rings. The second-order valence-electron chi connectivity index (χ2n) is 1.48. The Morgan fingerprint density at radius 2 is 2.62 bits per heavy atom. The van der Waals surface area contributed by atoms with E-state index in [4.69, 9.17) is 9.63 Å². The lowest BCUT2D eigenvalue weighted by atomic mass is 10.7. The van der Waals surface area contributed by atoms with Crippen LogP contribution in [0.25, 0.3) is 0 Å². The van der Waals surface area contributed by atoms with Crippen LogP contribution in [0.4, 0.5) is 0 Å². The molecule has 2 N–H and O–H groups in total. The van der Waals surface area contributed by atoms with E-state index in [9.17, 15) is 4.57 Å². The van der Waals surface area contributed by atoms with Crippen LogP contribution >= 0.6 is 8.03 Å². The number of ether oxygens (including phenoxy) is 1. The first-order valence-corrected chi connectivity index (χ1v) is 3.59. The fraction of sp³-hybridized carbons (Fsp3) is 1.00. The summed E-state index contributed by atoms with van der Waals surface area (Å²) in [6.45, 7) is 1.21. The molecule has 8 heavy (non-hydrogen) atoms. The van der Waals surface area contributed by atoms with Crippen molar-refractivity contribution in [1.82, 2.24) is 5.32 Å². The van der Waals surface area contributed by atoms with Gasteiger partial charge in [-0.25, -0.2) is 5.32 Å². The summed E-state index contributed by atoms with van der Waals surface area (Å²) >= 11 is 0. The third kappa shape index (κ3) is 1.23. The summed E-state index contributed by atoms with van der Waals surface area (Å²) in [6.07, 6.45) is 0. The van der Waals surface area contributed by atoms with Crippen LogP contribution in [-0.2, 0) is 9.30 Å². The number of hydrogen-bond donors (Lipinski definition) is 2. The van der Waals surface area contributed by atoms with Gasteiger partial charge >= 0.3 is 14.0 Å². The van der Waals surface area contributed by atoms with E-state index >= 15 is 0 Å². The van der Waals surface area contributed by atoms with Gasteiger partial charge in [-0.1, -0.05) is 0 Å². The number of nitrogens with one attached hydrogen (secondary N) is 1. The minimum absolute atomic E-state index is 0.534. The molecule has 4 nitrogen and oxygen atoms in total. The standard InChI is InChI=1S/C3H6NO3P/c5-8(6)3-4-1-2-7-3/h3-4H,1-2H2/p+1. The van der Waals surface area contributed by atoms with Gasteiger partial charge in [-0.15, -0.1) is 0 Å². The molecule has 2 atom stereocenters. The summed E-state index contributed by atoms with van der Waals surface area (Å²) in [6, 6.07) is 0. The summed E-state index contributed by atoms with van der Waals surface area (Å²) in [5, 5.41) is 2.70. The number of hydrogen-bond acceptors (Lipinski definition) is 3. The second-order valence-corrected chi connectivity index (χ2v) is 2.55. The number of rotatable bonds is 1. The molecule has 0 aromatic rings. The van der Waals surface area contributed by atoms with Crippen LogP contribution in [0, 0.1) is 0 Å². The fourth-order valence-electron chi connectivity index (χ4n) is 0.554. The molecule has 0 aromatic heterocycles. The molecule has 0 aromatic carbocycles. The molecular formula is C3H7NO3P+. The van der Waals surface area contributed by atoms with Gasteiger partial charge in [0.25, 0.3) is 0 Å². The zero-order valence-electron chi connectivity index (χ0n) is 4.20. The van der Waals surface area contributed by atoms with Gasteiger partial charge in [0, 0.05) is 6.54 Å². The van der Waals surface area contributed by atoms with E-state index in [2.05, 4.69) is 5.32 Å². The Morgan fingerprint density at radius 1 is 1.88 bits per heavy atom. The fourth-order valence-corrected chi connectivity index (χ4v) is 1.07. The molecule has 2 unspecified atom stereocenters. The lowest BCUT2D eigenvalue weighted by Crippen LogP contribution is -2.17. The minimum atomic E-state index is -2.18. The normalized spacial score (nSPS) is 30.6. The molecule has 0 spiro atoms. The molecule has 1 aliphatic rings. The van der Waals surface area contributed by atoms with Crippen molar-refractivity contribution in [2.45, 2.75) is 5.97 Å². The van der Waals surface area contributed by atoms with Crippen LogP contribution in [-0.4, -0.2) is 24.0 Å². The Kier molecular flexibility index (Phi) is 1.91. The molecule has 0 saturated carbocycles. The predicted octanol–water partition coefficient (Wildman–Crippen LogP) is -0.376. The third-order valence-electron chi connectivity index (χ3n) is 0.897. The lowest BCUT2D eigenvalue weighted by molar-refractivity contribution is 0.153. The highest BCUT2D eigenvalue weighted by Gasteiger charge is 2.32. The van der Waals surface area contributed by atoms with Crippen molar-refractivity contribution in [3.05, 3.63) is 0 Å². The van der Waals surface area contributed by atoms with Crippen molar-refractivity contribution in [3.8, 4) is 0 Å². The summed E-state index contributed by atoms with van der Waals surface area (Å²) in [5.41, 5.74) is 0. The highest BCUT2D eigenvalue weighted by atomic mass is 31.1. The summed E-state index contributed by atoms with van der Waals surface area (Å²) < 4.78 is 14.9. The van der Waals surface area contributed by atoms with E-state index in [-0.39, 0.29) is 0 Å². The molecule has 5 heteroatoms. The lowest BCUT2D eigenvalue weighted by Gasteiger charge is -1.88. The molecule has 1 rings (SSSR count). The van der Waals surface area contributed by atoms with E-state index in [1.54, 1.807) is 0 Å². The van der Waals surface area contributed by atoms with E-state index in [0.717, 1.165) is 0 Å². The predicted molar refractivity (Wildman–Crippen MR) is 27.6 cm³/mol.